The van der Waals surface area contributed by atoms with E-state index >= 15 is 0 Å². The van der Waals surface area contributed by atoms with Gasteiger partial charge in [0, 0.05) is 25.3 Å². The van der Waals surface area contributed by atoms with E-state index in [1.54, 1.807) is 6.26 Å². The van der Waals surface area contributed by atoms with Crippen LogP contribution in [0.25, 0.3) is 0 Å². The summed E-state index contributed by atoms with van der Waals surface area (Å²) in [4.78, 5) is 11.6. The zero-order valence-corrected chi connectivity index (χ0v) is 11.2. The van der Waals surface area contributed by atoms with Gasteiger partial charge in [0.15, 0.2) is 0 Å². The molecule has 0 bridgehead atoms. The summed E-state index contributed by atoms with van der Waals surface area (Å²) in [6, 6.07) is 3.71. The fraction of sp³-hybridized carbons (Fsp3) is 0.615. The molecule has 96 valence electrons. The van der Waals surface area contributed by atoms with Crippen LogP contribution in [-0.4, -0.2) is 18.3 Å². The predicted molar refractivity (Wildman–Crippen MR) is 69.2 cm³/mol. The molecule has 0 aromatic carbocycles. The standard InChI is InChI=1S/C13H20ClNO2/c1-13(2,7-8-14)10-15-12(16)6-5-11-4-3-9-17-11/h3-4,9H,5-8,10H2,1-2H3,(H,15,16). The number of carbonyl (C=O) groups is 1. The Labute approximate surface area is 108 Å². The van der Waals surface area contributed by atoms with Gasteiger partial charge in [-0.25, -0.2) is 0 Å². The lowest BCUT2D eigenvalue weighted by Gasteiger charge is -2.23. The summed E-state index contributed by atoms with van der Waals surface area (Å²) < 4.78 is 5.17. The maximum absolute atomic E-state index is 11.6. The number of nitrogens with one attached hydrogen (secondary N) is 1. The normalized spacial score (nSPS) is 11.5. The minimum Gasteiger partial charge on any atom is -0.469 e. The second kappa shape index (κ2) is 6.70. The molecular weight excluding hydrogens is 238 g/mol. The fourth-order valence-electron chi connectivity index (χ4n) is 1.46. The van der Waals surface area contributed by atoms with Crippen molar-refractivity contribution in [3.63, 3.8) is 0 Å². The Kier molecular flexibility index (Phi) is 5.56. The zero-order chi connectivity index (χ0) is 12.7. The van der Waals surface area contributed by atoms with Crippen molar-refractivity contribution >= 4 is 17.5 Å². The van der Waals surface area contributed by atoms with Gasteiger partial charge < -0.3 is 9.73 Å². The minimum atomic E-state index is 0.0576. The molecule has 17 heavy (non-hydrogen) atoms. The molecular formula is C13H20ClNO2. The van der Waals surface area contributed by atoms with E-state index in [0.717, 1.165) is 12.2 Å². The van der Waals surface area contributed by atoms with Crippen LogP contribution in [0.15, 0.2) is 22.8 Å². The summed E-state index contributed by atoms with van der Waals surface area (Å²) in [6.45, 7) is 4.86. The van der Waals surface area contributed by atoms with Crippen molar-refractivity contribution in [1.82, 2.24) is 5.32 Å². The van der Waals surface area contributed by atoms with Crippen molar-refractivity contribution in [2.45, 2.75) is 33.1 Å². The monoisotopic (exact) mass is 257 g/mol. The molecule has 1 amide bonds. The molecule has 0 unspecified atom stereocenters. The molecule has 0 aliphatic rings. The first kappa shape index (κ1) is 14.1. The Morgan fingerprint density at radius 1 is 1.53 bits per heavy atom. The van der Waals surface area contributed by atoms with Crippen LogP contribution >= 0.6 is 11.6 Å². The van der Waals surface area contributed by atoms with Crippen molar-refractivity contribution < 1.29 is 9.21 Å². The first-order chi connectivity index (χ1) is 8.03. The Morgan fingerprint density at radius 3 is 2.88 bits per heavy atom. The number of rotatable bonds is 7. The number of aryl methyl sites for hydroxylation is 1. The molecule has 0 saturated heterocycles. The summed E-state index contributed by atoms with van der Waals surface area (Å²) in [5, 5.41) is 2.93. The van der Waals surface area contributed by atoms with Gasteiger partial charge in [-0.05, 0) is 24.0 Å². The molecule has 0 atom stereocenters. The SMILES string of the molecule is CC(C)(CCCl)CNC(=O)CCc1ccco1. The third kappa shape index (κ3) is 5.78. The van der Waals surface area contributed by atoms with Crippen molar-refractivity contribution in [2.75, 3.05) is 12.4 Å². The summed E-state index contributed by atoms with van der Waals surface area (Å²) in [5.74, 6) is 1.53. The number of amides is 1. The number of furan rings is 1. The van der Waals surface area contributed by atoms with Gasteiger partial charge in [0.1, 0.15) is 5.76 Å². The minimum absolute atomic E-state index is 0.0576. The van der Waals surface area contributed by atoms with Gasteiger partial charge in [-0.1, -0.05) is 13.8 Å². The van der Waals surface area contributed by atoms with Crippen LogP contribution < -0.4 is 5.32 Å². The van der Waals surface area contributed by atoms with Gasteiger partial charge in [0.05, 0.1) is 6.26 Å². The average molecular weight is 258 g/mol. The molecule has 1 aromatic heterocycles. The topological polar surface area (TPSA) is 42.2 Å². The van der Waals surface area contributed by atoms with Gasteiger partial charge in [0.25, 0.3) is 0 Å². The molecule has 0 spiro atoms. The van der Waals surface area contributed by atoms with E-state index in [1.807, 2.05) is 12.1 Å². The van der Waals surface area contributed by atoms with Crippen molar-refractivity contribution in [3.05, 3.63) is 24.2 Å². The lowest BCUT2D eigenvalue weighted by Crippen LogP contribution is -2.34. The van der Waals surface area contributed by atoms with Crippen molar-refractivity contribution in [3.8, 4) is 0 Å². The highest BCUT2D eigenvalue weighted by Gasteiger charge is 2.17. The fourth-order valence-corrected chi connectivity index (χ4v) is 1.97. The molecule has 0 aliphatic carbocycles. The van der Waals surface area contributed by atoms with Crippen LogP contribution in [0.3, 0.4) is 0 Å². The number of halogens is 1. The number of hydrogen-bond acceptors (Lipinski definition) is 2. The molecule has 4 heteroatoms. The van der Waals surface area contributed by atoms with E-state index < -0.39 is 0 Å². The molecule has 1 heterocycles. The van der Waals surface area contributed by atoms with Crippen LogP contribution in [0.4, 0.5) is 0 Å². The van der Waals surface area contributed by atoms with E-state index in [2.05, 4.69) is 19.2 Å². The Hall–Kier alpha value is -0.960. The molecule has 0 saturated carbocycles. The zero-order valence-electron chi connectivity index (χ0n) is 10.5. The Balaban J connectivity index is 2.21. The summed E-state index contributed by atoms with van der Waals surface area (Å²) in [7, 11) is 0. The molecule has 1 aromatic rings. The molecule has 0 aliphatic heterocycles. The lowest BCUT2D eigenvalue weighted by atomic mass is 9.90. The maximum Gasteiger partial charge on any atom is 0.220 e. The second-order valence-corrected chi connectivity index (χ2v) is 5.34. The van der Waals surface area contributed by atoms with E-state index in [9.17, 15) is 4.79 Å². The Bertz CT molecular complexity index is 333. The van der Waals surface area contributed by atoms with E-state index in [0.29, 0.717) is 25.3 Å². The molecule has 3 nitrogen and oxygen atoms in total. The predicted octanol–water partition coefficient (Wildman–Crippen LogP) is 2.98. The Morgan fingerprint density at radius 2 is 2.29 bits per heavy atom. The highest BCUT2D eigenvalue weighted by molar-refractivity contribution is 6.17. The van der Waals surface area contributed by atoms with E-state index in [-0.39, 0.29) is 11.3 Å². The molecule has 0 radical (unpaired) electrons. The third-order valence-electron chi connectivity index (χ3n) is 2.71. The highest BCUT2D eigenvalue weighted by Crippen LogP contribution is 2.19. The molecule has 0 fully saturated rings. The molecule has 1 N–H and O–H groups in total. The van der Waals surface area contributed by atoms with Gasteiger partial charge in [-0.3, -0.25) is 4.79 Å². The first-order valence-corrected chi connectivity index (χ1v) is 6.42. The summed E-state index contributed by atoms with van der Waals surface area (Å²) >= 11 is 5.70. The van der Waals surface area contributed by atoms with Gasteiger partial charge in [0.2, 0.25) is 5.91 Å². The first-order valence-electron chi connectivity index (χ1n) is 5.88. The van der Waals surface area contributed by atoms with E-state index in [1.165, 1.54) is 0 Å². The third-order valence-corrected chi connectivity index (χ3v) is 2.90. The van der Waals surface area contributed by atoms with Crippen LogP contribution in [0.2, 0.25) is 0 Å². The summed E-state index contributed by atoms with van der Waals surface area (Å²) in [5.41, 5.74) is 0.0576. The van der Waals surface area contributed by atoms with E-state index in [4.69, 9.17) is 16.0 Å². The van der Waals surface area contributed by atoms with Crippen LogP contribution in [0.5, 0.6) is 0 Å². The van der Waals surface area contributed by atoms with Gasteiger partial charge in [-0.2, -0.15) is 0 Å². The van der Waals surface area contributed by atoms with Gasteiger partial charge in [-0.15, -0.1) is 11.6 Å². The van der Waals surface area contributed by atoms with Crippen LogP contribution in [0, 0.1) is 5.41 Å². The largest absolute Gasteiger partial charge is 0.469 e. The number of alkyl halides is 1. The van der Waals surface area contributed by atoms with Gasteiger partial charge >= 0.3 is 0 Å². The smallest absolute Gasteiger partial charge is 0.220 e. The molecule has 1 rings (SSSR count). The van der Waals surface area contributed by atoms with Crippen LogP contribution in [0.1, 0.15) is 32.4 Å². The summed E-state index contributed by atoms with van der Waals surface area (Å²) in [6.07, 6.45) is 3.63. The van der Waals surface area contributed by atoms with Crippen molar-refractivity contribution in [2.24, 2.45) is 5.41 Å². The number of carbonyl (C=O) groups excluding carboxylic acids is 1. The van der Waals surface area contributed by atoms with Crippen molar-refractivity contribution in [1.29, 1.82) is 0 Å². The van der Waals surface area contributed by atoms with Crippen LogP contribution in [-0.2, 0) is 11.2 Å². The number of hydrogen-bond donors (Lipinski definition) is 1. The quantitative estimate of drug-likeness (QED) is 0.763. The second-order valence-electron chi connectivity index (χ2n) is 4.96. The highest BCUT2D eigenvalue weighted by atomic mass is 35.5. The average Bonchev–Trinajstić information content (AvgIpc) is 2.76. The lowest BCUT2D eigenvalue weighted by molar-refractivity contribution is -0.121. The maximum atomic E-state index is 11.6.